The minimum atomic E-state index is -0.258. The lowest BCUT2D eigenvalue weighted by molar-refractivity contribution is -0.113. The van der Waals surface area contributed by atoms with Gasteiger partial charge in [-0.05, 0) is 50.2 Å². The zero-order valence-electron chi connectivity index (χ0n) is 15.8. The largest absolute Gasteiger partial charge is 0.483 e. The zero-order valence-corrected chi connectivity index (χ0v) is 18.3. The van der Waals surface area contributed by atoms with Gasteiger partial charge in [-0.2, -0.15) is 0 Å². The first-order valence-electron chi connectivity index (χ1n) is 8.73. The molecule has 1 N–H and O–H groups in total. The Morgan fingerprint density at radius 2 is 1.86 bits per heavy atom. The molecule has 0 saturated carbocycles. The number of aryl methyl sites for hydroxylation is 1. The van der Waals surface area contributed by atoms with Crippen LogP contribution in [0.2, 0.25) is 0 Å². The van der Waals surface area contributed by atoms with Crippen LogP contribution in [0.4, 0.5) is 5.69 Å². The monoisotopic (exact) mass is 460 g/mol. The number of nitrogens with zero attached hydrogens (tertiary/aromatic N) is 3. The van der Waals surface area contributed by atoms with E-state index in [-0.39, 0.29) is 17.8 Å². The van der Waals surface area contributed by atoms with Crippen molar-refractivity contribution in [2.24, 2.45) is 7.05 Å². The quantitative estimate of drug-likeness (QED) is 0.514. The summed E-state index contributed by atoms with van der Waals surface area (Å²) >= 11 is 4.71. The Kier molecular flexibility index (Phi) is 6.74. The molecule has 0 aliphatic rings. The Hall–Kier alpha value is -2.32. The van der Waals surface area contributed by atoms with E-state index in [1.54, 1.807) is 0 Å². The molecule has 0 fully saturated rings. The van der Waals surface area contributed by atoms with Gasteiger partial charge in [-0.25, -0.2) is 0 Å². The molecule has 0 aliphatic carbocycles. The number of hydrogen-bond donors (Lipinski definition) is 1. The number of carbonyl (C=O) groups is 1. The second-order valence-electron chi connectivity index (χ2n) is 6.32. The van der Waals surface area contributed by atoms with E-state index in [2.05, 4.69) is 31.4 Å². The van der Waals surface area contributed by atoms with Gasteiger partial charge in [0, 0.05) is 17.2 Å². The van der Waals surface area contributed by atoms with Gasteiger partial charge >= 0.3 is 0 Å². The number of thioether (sulfide) groups is 1. The molecule has 6 nitrogen and oxygen atoms in total. The van der Waals surface area contributed by atoms with Gasteiger partial charge in [0.15, 0.2) is 17.1 Å². The molecule has 1 aromatic heterocycles. The Labute approximate surface area is 176 Å². The van der Waals surface area contributed by atoms with E-state index in [0.29, 0.717) is 11.0 Å². The van der Waals surface area contributed by atoms with E-state index >= 15 is 0 Å². The molecule has 28 heavy (non-hydrogen) atoms. The molecule has 0 bridgehead atoms. The number of carbonyl (C=O) groups excluding carboxylic acids is 1. The van der Waals surface area contributed by atoms with E-state index in [4.69, 9.17) is 4.74 Å². The van der Waals surface area contributed by atoms with Crippen molar-refractivity contribution in [1.82, 2.24) is 14.8 Å². The highest BCUT2D eigenvalue weighted by Gasteiger charge is 2.18. The van der Waals surface area contributed by atoms with Crippen molar-refractivity contribution >= 4 is 39.3 Å². The number of benzene rings is 2. The molecular formula is C20H21BrN4O2S. The summed E-state index contributed by atoms with van der Waals surface area (Å²) < 4.78 is 8.77. The summed E-state index contributed by atoms with van der Waals surface area (Å²) in [6.45, 7) is 3.96. The fourth-order valence-corrected chi connectivity index (χ4v) is 3.52. The van der Waals surface area contributed by atoms with Crippen molar-refractivity contribution in [2.75, 3.05) is 11.1 Å². The third kappa shape index (κ3) is 5.36. The third-order valence-corrected chi connectivity index (χ3v) is 5.58. The number of anilines is 1. The number of rotatable bonds is 7. The molecule has 0 aliphatic heterocycles. The topological polar surface area (TPSA) is 69.0 Å². The lowest BCUT2D eigenvalue weighted by atomic mass is 10.2. The minimum absolute atomic E-state index is 0.0965. The first kappa shape index (κ1) is 20.4. The molecule has 1 unspecified atom stereocenters. The van der Waals surface area contributed by atoms with Crippen LogP contribution in [0.15, 0.2) is 58.2 Å². The molecule has 3 aromatic rings. The van der Waals surface area contributed by atoms with Crippen LogP contribution in [0.5, 0.6) is 5.75 Å². The zero-order chi connectivity index (χ0) is 20.1. The number of hydrogen-bond acceptors (Lipinski definition) is 5. The standard InChI is InChI=1S/C20H21BrN4O2S/c1-13-4-10-17(11-5-13)27-14(2)19-23-24-20(25(19)3)28-12-18(26)22-16-8-6-15(21)7-9-16/h4-11,14H,12H2,1-3H3,(H,22,26). The van der Waals surface area contributed by atoms with Crippen LogP contribution in [0, 0.1) is 6.92 Å². The average Bonchev–Trinajstić information content (AvgIpc) is 3.04. The average molecular weight is 461 g/mol. The number of amides is 1. The summed E-state index contributed by atoms with van der Waals surface area (Å²) in [5.74, 6) is 1.64. The molecule has 146 valence electrons. The first-order chi connectivity index (χ1) is 13.4. The number of nitrogens with one attached hydrogen (secondary N) is 1. The molecule has 3 rings (SSSR count). The number of ether oxygens (including phenoxy) is 1. The summed E-state index contributed by atoms with van der Waals surface area (Å²) in [4.78, 5) is 12.2. The van der Waals surface area contributed by atoms with Crippen LogP contribution in [-0.4, -0.2) is 26.4 Å². The lowest BCUT2D eigenvalue weighted by Crippen LogP contribution is -2.14. The second kappa shape index (κ2) is 9.25. The van der Waals surface area contributed by atoms with Crippen LogP contribution < -0.4 is 10.1 Å². The molecule has 0 saturated heterocycles. The van der Waals surface area contributed by atoms with E-state index in [1.165, 1.54) is 17.3 Å². The Balaban J connectivity index is 1.57. The first-order valence-corrected chi connectivity index (χ1v) is 10.5. The van der Waals surface area contributed by atoms with Gasteiger partial charge in [0.2, 0.25) is 5.91 Å². The van der Waals surface area contributed by atoms with Crippen molar-refractivity contribution in [2.45, 2.75) is 25.1 Å². The van der Waals surface area contributed by atoms with Crippen LogP contribution in [-0.2, 0) is 11.8 Å². The van der Waals surface area contributed by atoms with E-state index in [0.717, 1.165) is 15.9 Å². The molecular weight excluding hydrogens is 440 g/mol. The summed E-state index contributed by atoms with van der Waals surface area (Å²) in [5, 5.41) is 12.0. The number of halogens is 1. The van der Waals surface area contributed by atoms with Gasteiger partial charge in [0.05, 0.1) is 5.75 Å². The van der Waals surface area contributed by atoms with Crippen molar-refractivity contribution in [3.63, 3.8) is 0 Å². The van der Waals surface area contributed by atoms with Gasteiger partial charge < -0.3 is 14.6 Å². The fourth-order valence-electron chi connectivity index (χ4n) is 2.54. The van der Waals surface area contributed by atoms with Crippen molar-refractivity contribution in [1.29, 1.82) is 0 Å². The second-order valence-corrected chi connectivity index (χ2v) is 8.17. The van der Waals surface area contributed by atoms with Crippen LogP contribution in [0.3, 0.4) is 0 Å². The third-order valence-electron chi connectivity index (χ3n) is 4.03. The van der Waals surface area contributed by atoms with Gasteiger partial charge in [0.25, 0.3) is 0 Å². The van der Waals surface area contributed by atoms with Gasteiger partial charge in [-0.1, -0.05) is 45.4 Å². The van der Waals surface area contributed by atoms with Gasteiger partial charge in [-0.3, -0.25) is 4.79 Å². The minimum Gasteiger partial charge on any atom is -0.483 e. The van der Waals surface area contributed by atoms with Crippen LogP contribution in [0.25, 0.3) is 0 Å². The SMILES string of the molecule is Cc1ccc(OC(C)c2nnc(SCC(=O)Nc3ccc(Br)cc3)n2C)cc1. The molecule has 0 spiro atoms. The maximum absolute atomic E-state index is 12.2. The summed E-state index contributed by atoms with van der Waals surface area (Å²) in [6, 6.07) is 15.3. The van der Waals surface area contributed by atoms with Crippen molar-refractivity contribution < 1.29 is 9.53 Å². The Morgan fingerprint density at radius 3 is 2.54 bits per heavy atom. The van der Waals surface area contributed by atoms with Gasteiger partial charge in [0.1, 0.15) is 5.75 Å². The summed E-state index contributed by atoms with van der Waals surface area (Å²) in [6.07, 6.45) is -0.258. The Morgan fingerprint density at radius 1 is 1.18 bits per heavy atom. The molecule has 1 atom stereocenters. The van der Waals surface area contributed by atoms with E-state index < -0.39 is 0 Å². The van der Waals surface area contributed by atoms with E-state index in [9.17, 15) is 4.79 Å². The lowest BCUT2D eigenvalue weighted by Gasteiger charge is -2.14. The fraction of sp³-hybridized carbons (Fsp3) is 0.250. The van der Waals surface area contributed by atoms with Crippen LogP contribution >= 0.6 is 27.7 Å². The number of aromatic nitrogens is 3. The highest BCUT2D eigenvalue weighted by molar-refractivity contribution is 9.10. The summed E-state index contributed by atoms with van der Waals surface area (Å²) in [7, 11) is 1.87. The Bertz CT molecular complexity index is 942. The molecule has 8 heteroatoms. The van der Waals surface area contributed by atoms with E-state index in [1.807, 2.05) is 74.0 Å². The molecule has 1 heterocycles. The smallest absolute Gasteiger partial charge is 0.234 e. The van der Waals surface area contributed by atoms with Crippen LogP contribution in [0.1, 0.15) is 24.4 Å². The molecule has 0 radical (unpaired) electrons. The molecule has 1 amide bonds. The predicted octanol–water partition coefficient (Wildman–Crippen LogP) is 4.76. The summed E-state index contributed by atoms with van der Waals surface area (Å²) in [5.41, 5.74) is 1.94. The normalized spacial score (nSPS) is 11.9. The molecule has 2 aromatic carbocycles. The predicted molar refractivity (Wildman–Crippen MR) is 115 cm³/mol. The van der Waals surface area contributed by atoms with Gasteiger partial charge in [-0.15, -0.1) is 10.2 Å². The maximum Gasteiger partial charge on any atom is 0.234 e. The maximum atomic E-state index is 12.2. The van der Waals surface area contributed by atoms with Crippen molar-refractivity contribution in [3.05, 3.63) is 64.4 Å². The highest BCUT2D eigenvalue weighted by Crippen LogP contribution is 2.24. The highest BCUT2D eigenvalue weighted by atomic mass is 79.9. The van der Waals surface area contributed by atoms with Crippen molar-refractivity contribution in [3.8, 4) is 5.75 Å².